The summed E-state index contributed by atoms with van der Waals surface area (Å²) in [6, 6.07) is 0. The summed E-state index contributed by atoms with van der Waals surface area (Å²) >= 11 is 1.53. The van der Waals surface area contributed by atoms with Crippen molar-refractivity contribution in [2.24, 2.45) is 0 Å². The van der Waals surface area contributed by atoms with Crippen molar-refractivity contribution < 1.29 is 9.26 Å². The van der Waals surface area contributed by atoms with E-state index in [0.717, 1.165) is 42.9 Å². The molecule has 1 unspecified atom stereocenters. The average molecular weight is 309 g/mol. The highest BCUT2D eigenvalue weighted by atomic mass is 32.2. The van der Waals surface area contributed by atoms with Crippen LogP contribution in [0.15, 0.2) is 9.68 Å². The molecule has 2 N–H and O–H groups in total. The van der Waals surface area contributed by atoms with Crippen molar-refractivity contribution in [3.8, 4) is 0 Å². The number of nitrogens with two attached hydrogens (primary N) is 1. The van der Waals surface area contributed by atoms with E-state index in [0.29, 0.717) is 16.7 Å². The maximum Gasteiger partial charge on any atom is 0.210 e. The number of ether oxygens (including phenoxy) is 1. The lowest BCUT2D eigenvalue weighted by Gasteiger charge is -2.21. The maximum absolute atomic E-state index is 6.10. The van der Waals surface area contributed by atoms with Gasteiger partial charge < -0.3 is 15.1 Å². The van der Waals surface area contributed by atoms with Crippen LogP contribution in [0.2, 0.25) is 0 Å². The maximum atomic E-state index is 6.10. The lowest BCUT2D eigenvalue weighted by atomic mass is 10.1. The second kappa shape index (κ2) is 6.07. The molecule has 7 nitrogen and oxygen atoms in total. The van der Waals surface area contributed by atoms with E-state index in [2.05, 4.69) is 15.4 Å². The number of thioether (sulfide) groups is 1. The Kier molecular flexibility index (Phi) is 4.16. The number of aromatic nitrogens is 4. The van der Waals surface area contributed by atoms with E-state index in [1.54, 1.807) is 4.68 Å². The molecular formula is C13H19N5O2S. The first-order valence-corrected chi connectivity index (χ1v) is 8.02. The fraction of sp³-hybridized carbons (Fsp3) is 0.615. The molecule has 0 saturated carbocycles. The fourth-order valence-corrected chi connectivity index (χ4v) is 3.41. The van der Waals surface area contributed by atoms with Crippen molar-refractivity contribution in [1.29, 1.82) is 0 Å². The highest BCUT2D eigenvalue weighted by Crippen LogP contribution is 2.29. The van der Waals surface area contributed by atoms with Gasteiger partial charge in [-0.15, -0.1) is 10.2 Å². The monoisotopic (exact) mass is 309 g/mol. The van der Waals surface area contributed by atoms with Gasteiger partial charge in [0.25, 0.3) is 0 Å². The normalized spacial score (nSPS) is 19.0. The molecule has 3 rings (SSSR count). The SMILES string of the molecule is Cc1noc(C)c1CSc1nnc(C2CCCCO2)n1N. The Bertz CT molecular complexity index is 599. The minimum absolute atomic E-state index is 0.0373. The van der Waals surface area contributed by atoms with Crippen LogP contribution in [0, 0.1) is 13.8 Å². The molecule has 0 bridgehead atoms. The van der Waals surface area contributed by atoms with Crippen LogP contribution in [-0.4, -0.2) is 26.6 Å². The van der Waals surface area contributed by atoms with Gasteiger partial charge in [0.15, 0.2) is 5.82 Å². The molecule has 8 heteroatoms. The molecule has 0 radical (unpaired) electrons. The van der Waals surface area contributed by atoms with E-state index in [-0.39, 0.29) is 6.10 Å². The van der Waals surface area contributed by atoms with Crippen molar-refractivity contribution in [1.82, 2.24) is 20.0 Å². The first-order valence-electron chi connectivity index (χ1n) is 7.03. The Hall–Kier alpha value is -1.54. The zero-order valence-electron chi connectivity index (χ0n) is 12.2. The van der Waals surface area contributed by atoms with Gasteiger partial charge in [-0.25, -0.2) is 4.68 Å². The smallest absolute Gasteiger partial charge is 0.210 e. The number of hydrogen-bond donors (Lipinski definition) is 1. The van der Waals surface area contributed by atoms with Crippen LogP contribution >= 0.6 is 11.8 Å². The summed E-state index contributed by atoms with van der Waals surface area (Å²) in [6.45, 7) is 4.60. The van der Waals surface area contributed by atoms with E-state index in [4.69, 9.17) is 15.1 Å². The fourth-order valence-electron chi connectivity index (χ4n) is 2.40. The van der Waals surface area contributed by atoms with Crippen LogP contribution in [-0.2, 0) is 10.5 Å². The molecule has 114 valence electrons. The van der Waals surface area contributed by atoms with E-state index >= 15 is 0 Å². The van der Waals surface area contributed by atoms with E-state index < -0.39 is 0 Å². The molecule has 3 heterocycles. The average Bonchev–Trinajstić information content (AvgIpc) is 3.02. The van der Waals surface area contributed by atoms with E-state index in [1.807, 2.05) is 13.8 Å². The first kappa shape index (κ1) is 14.4. The van der Waals surface area contributed by atoms with Gasteiger partial charge in [0.1, 0.15) is 11.9 Å². The second-order valence-electron chi connectivity index (χ2n) is 5.16. The molecule has 1 aliphatic heterocycles. The molecule has 0 spiro atoms. The lowest BCUT2D eigenvalue weighted by molar-refractivity contribution is 0.00780. The zero-order valence-corrected chi connectivity index (χ0v) is 13.0. The highest BCUT2D eigenvalue weighted by Gasteiger charge is 2.23. The van der Waals surface area contributed by atoms with Crippen LogP contribution in [0.3, 0.4) is 0 Å². The topological polar surface area (TPSA) is 92.0 Å². The molecule has 1 saturated heterocycles. The first-order chi connectivity index (χ1) is 10.2. The van der Waals surface area contributed by atoms with Crippen molar-refractivity contribution in [2.75, 3.05) is 12.4 Å². The summed E-state index contributed by atoms with van der Waals surface area (Å²) < 4.78 is 12.4. The molecule has 0 aromatic carbocycles. The van der Waals surface area contributed by atoms with Crippen LogP contribution in [0.25, 0.3) is 0 Å². The van der Waals surface area contributed by atoms with Crippen LogP contribution in [0.1, 0.15) is 48.2 Å². The third kappa shape index (κ3) is 2.91. The Morgan fingerprint density at radius 2 is 2.19 bits per heavy atom. The van der Waals surface area contributed by atoms with E-state index in [9.17, 15) is 0 Å². The van der Waals surface area contributed by atoms with Crippen molar-refractivity contribution >= 4 is 11.8 Å². The predicted molar refractivity (Wildman–Crippen MR) is 78.3 cm³/mol. The Morgan fingerprint density at radius 3 is 2.86 bits per heavy atom. The number of nitrogen functional groups attached to an aromatic ring is 1. The molecule has 21 heavy (non-hydrogen) atoms. The Balaban J connectivity index is 1.70. The van der Waals surface area contributed by atoms with Crippen LogP contribution in [0.5, 0.6) is 0 Å². The van der Waals surface area contributed by atoms with Crippen molar-refractivity contribution in [3.63, 3.8) is 0 Å². The minimum Gasteiger partial charge on any atom is -0.370 e. The summed E-state index contributed by atoms with van der Waals surface area (Å²) in [6.07, 6.45) is 3.15. The molecule has 0 aliphatic carbocycles. The van der Waals surface area contributed by atoms with Crippen molar-refractivity contribution in [3.05, 3.63) is 22.8 Å². The summed E-state index contributed by atoms with van der Waals surface area (Å²) in [7, 11) is 0. The van der Waals surface area contributed by atoms with Gasteiger partial charge in [0.05, 0.1) is 5.69 Å². The molecule has 1 fully saturated rings. The van der Waals surface area contributed by atoms with Crippen LogP contribution < -0.4 is 5.84 Å². The number of nitrogens with zero attached hydrogens (tertiary/aromatic N) is 4. The number of rotatable bonds is 4. The second-order valence-corrected chi connectivity index (χ2v) is 6.10. The van der Waals surface area contributed by atoms with Gasteiger partial charge in [-0.05, 0) is 33.1 Å². The Labute approximate surface area is 127 Å². The standard InChI is InChI=1S/C13H19N5O2S/c1-8-10(9(2)20-17-8)7-21-13-16-15-12(18(13)14)11-5-3-4-6-19-11/h11H,3-7,14H2,1-2H3. The highest BCUT2D eigenvalue weighted by molar-refractivity contribution is 7.98. The molecule has 1 atom stereocenters. The van der Waals surface area contributed by atoms with E-state index in [1.165, 1.54) is 11.8 Å². The summed E-state index contributed by atoms with van der Waals surface area (Å²) in [5.41, 5.74) is 1.98. The van der Waals surface area contributed by atoms with Gasteiger partial charge in [0.2, 0.25) is 5.16 Å². The molecule has 2 aromatic heterocycles. The van der Waals surface area contributed by atoms with Gasteiger partial charge in [-0.2, -0.15) is 0 Å². The molecule has 0 amide bonds. The quantitative estimate of drug-likeness (QED) is 0.683. The Morgan fingerprint density at radius 1 is 1.33 bits per heavy atom. The van der Waals surface area contributed by atoms with Gasteiger partial charge in [0, 0.05) is 17.9 Å². The molecule has 1 aliphatic rings. The third-order valence-electron chi connectivity index (χ3n) is 3.69. The molecular weight excluding hydrogens is 290 g/mol. The lowest BCUT2D eigenvalue weighted by Crippen LogP contribution is -2.21. The van der Waals surface area contributed by atoms with Gasteiger partial charge in [-0.1, -0.05) is 16.9 Å². The summed E-state index contributed by atoms with van der Waals surface area (Å²) in [5, 5.41) is 13.0. The summed E-state index contributed by atoms with van der Waals surface area (Å²) in [5.74, 6) is 8.35. The zero-order chi connectivity index (χ0) is 14.8. The summed E-state index contributed by atoms with van der Waals surface area (Å²) in [4.78, 5) is 0. The van der Waals surface area contributed by atoms with Crippen LogP contribution in [0.4, 0.5) is 0 Å². The number of aryl methyl sites for hydroxylation is 2. The van der Waals surface area contributed by atoms with Gasteiger partial charge >= 0.3 is 0 Å². The predicted octanol–water partition coefficient (Wildman–Crippen LogP) is 2.13. The largest absolute Gasteiger partial charge is 0.370 e. The minimum atomic E-state index is -0.0373. The number of hydrogen-bond acceptors (Lipinski definition) is 7. The third-order valence-corrected chi connectivity index (χ3v) is 4.65. The van der Waals surface area contributed by atoms with Gasteiger partial charge in [-0.3, -0.25) is 0 Å². The van der Waals surface area contributed by atoms with Crippen molar-refractivity contribution in [2.45, 2.75) is 50.1 Å². The molecule has 2 aromatic rings.